The van der Waals surface area contributed by atoms with Crippen LogP contribution in [0.15, 0.2) is 71.8 Å². The Labute approximate surface area is 217 Å². The van der Waals surface area contributed by atoms with E-state index in [0.717, 1.165) is 17.8 Å². The summed E-state index contributed by atoms with van der Waals surface area (Å²) >= 11 is 5.85. The number of aromatic nitrogens is 1. The average Bonchev–Trinajstić information content (AvgIpc) is 2.89. The number of nitrogens with zero attached hydrogens (tertiary/aromatic N) is 1. The maximum Gasteiger partial charge on any atom is 0.276 e. The molecule has 1 heterocycles. The van der Waals surface area contributed by atoms with E-state index < -0.39 is 27.7 Å². The van der Waals surface area contributed by atoms with Crippen LogP contribution in [0, 0.1) is 0 Å². The predicted octanol–water partition coefficient (Wildman–Crippen LogP) is 1.04. The number of benzene rings is 2. The van der Waals surface area contributed by atoms with E-state index in [9.17, 15) is 27.6 Å². The zero-order chi connectivity index (χ0) is 27.0. The maximum absolute atomic E-state index is 12.6. The topological polar surface area (TPSA) is 177 Å². The van der Waals surface area contributed by atoms with Crippen LogP contribution in [0.2, 0.25) is 5.02 Å². The first-order valence-corrected chi connectivity index (χ1v) is 12.7. The van der Waals surface area contributed by atoms with Gasteiger partial charge in [0, 0.05) is 23.3 Å². The van der Waals surface area contributed by atoms with E-state index in [1.165, 1.54) is 30.3 Å². The highest BCUT2D eigenvalue weighted by Crippen LogP contribution is 2.13. The van der Waals surface area contributed by atoms with Crippen molar-refractivity contribution in [2.75, 3.05) is 13.1 Å². The maximum atomic E-state index is 12.6. The van der Waals surface area contributed by atoms with Gasteiger partial charge in [-0.05, 0) is 60.5 Å². The number of sulfonamides is 1. The van der Waals surface area contributed by atoms with Gasteiger partial charge in [-0.25, -0.2) is 13.1 Å². The molecule has 3 aromatic rings. The Morgan fingerprint density at radius 3 is 2.08 bits per heavy atom. The van der Waals surface area contributed by atoms with E-state index in [4.69, 9.17) is 17.3 Å². The monoisotopic (exact) mass is 543 g/mol. The lowest BCUT2D eigenvalue weighted by molar-refractivity contribution is -0.118. The molecule has 3 rings (SSSR count). The van der Waals surface area contributed by atoms with E-state index in [-0.39, 0.29) is 34.2 Å². The first kappa shape index (κ1) is 27.5. The SMILES string of the molecule is NCC(=O)NC(=O)c1ccc(C(=O)NS(=O)(=O)c2ccc(C(=O)NCCc3ccc(Cl)cc3)cc2)cn1. The number of amides is 4. The Kier molecular flexibility index (Phi) is 9.06. The van der Waals surface area contributed by atoms with Gasteiger partial charge in [0.15, 0.2) is 0 Å². The molecule has 0 aliphatic rings. The minimum absolute atomic E-state index is 0.137. The van der Waals surface area contributed by atoms with E-state index in [1.807, 2.05) is 22.2 Å². The molecule has 0 atom stereocenters. The normalized spacial score (nSPS) is 10.9. The second-order valence-corrected chi connectivity index (χ2v) is 9.72. The fraction of sp³-hybridized carbons (Fsp3) is 0.125. The van der Waals surface area contributed by atoms with Gasteiger partial charge in [-0.15, -0.1) is 0 Å². The molecule has 2 aromatic carbocycles. The molecule has 5 N–H and O–H groups in total. The second kappa shape index (κ2) is 12.2. The van der Waals surface area contributed by atoms with Crippen molar-refractivity contribution in [2.24, 2.45) is 5.73 Å². The second-order valence-electron chi connectivity index (χ2n) is 7.60. The molecule has 0 saturated carbocycles. The van der Waals surface area contributed by atoms with Crippen LogP contribution in [0.4, 0.5) is 0 Å². The fourth-order valence-corrected chi connectivity index (χ4v) is 4.10. The highest BCUT2D eigenvalue weighted by atomic mass is 35.5. The number of halogens is 1. The van der Waals surface area contributed by atoms with E-state index >= 15 is 0 Å². The molecule has 37 heavy (non-hydrogen) atoms. The van der Waals surface area contributed by atoms with Crippen LogP contribution in [-0.4, -0.2) is 50.1 Å². The summed E-state index contributed by atoms with van der Waals surface area (Å²) in [6, 6.07) is 14.6. The zero-order valence-electron chi connectivity index (χ0n) is 19.2. The van der Waals surface area contributed by atoms with Crippen molar-refractivity contribution in [1.29, 1.82) is 0 Å². The molecule has 0 radical (unpaired) electrons. The van der Waals surface area contributed by atoms with Gasteiger partial charge in [-0.1, -0.05) is 23.7 Å². The molecule has 13 heteroatoms. The third-order valence-corrected chi connectivity index (χ3v) is 6.56. The summed E-state index contributed by atoms with van der Waals surface area (Å²) in [7, 11) is -4.26. The van der Waals surface area contributed by atoms with Crippen molar-refractivity contribution in [3.05, 3.63) is 94.3 Å². The van der Waals surface area contributed by atoms with Crippen molar-refractivity contribution >= 4 is 45.3 Å². The summed E-state index contributed by atoms with van der Waals surface area (Å²) < 4.78 is 27.1. The molecule has 0 bridgehead atoms. The Bertz CT molecular complexity index is 1410. The molecule has 0 aliphatic carbocycles. The van der Waals surface area contributed by atoms with Crippen molar-refractivity contribution in [1.82, 2.24) is 20.3 Å². The number of carbonyl (C=O) groups is 4. The Balaban J connectivity index is 1.57. The molecular weight excluding hydrogens is 522 g/mol. The van der Waals surface area contributed by atoms with Gasteiger partial charge in [0.2, 0.25) is 5.91 Å². The van der Waals surface area contributed by atoms with Gasteiger partial charge in [0.05, 0.1) is 17.0 Å². The van der Waals surface area contributed by atoms with Crippen molar-refractivity contribution in [3.63, 3.8) is 0 Å². The highest BCUT2D eigenvalue weighted by molar-refractivity contribution is 7.90. The minimum atomic E-state index is -4.26. The summed E-state index contributed by atoms with van der Waals surface area (Å²) in [4.78, 5) is 51.3. The van der Waals surface area contributed by atoms with Crippen molar-refractivity contribution in [3.8, 4) is 0 Å². The lowest BCUT2D eigenvalue weighted by atomic mass is 10.1. The first-order chi connectivity index (χ1) is 17.6. The van der Waals surface area contributed by atoms with Gasteiger partial charge in [-0.3, -0.25) is 29.5 Å². The number of hydrogen-bond acceptors (Lipinski definition) is 8. The van der Waals surface area contributed by atoms with Gasteiger partial charge < -0.3 is 11.1 Å². The number of nitrogens with two attached hydrogens (primary N) is 1. The zero-order valence-corrected chi connectivity index (χ0v) is 20.8. The van der Waals surface area contributed by atoms with Crippen molar-refractivity contribution < 1.29 is 27.6 Å². The number of nitrogens with one attached hydrogen (secondary N) is 3. The van der Waals surface area contributed by atoms with Crippen LogP contribution >= 0.6 is 11.6 Å². The van der Waals surface area contributed by atoms with E-state index in [0.29, 0.717) is 18.0 Å². The van der Waals surface area contributed by atoms with Crippen LogP contribution in [0.25, 0.3) is 0 Å². The van der Waals surface area contributed by atoms with Gasteiger partial charge in [0.1, 0.15) is 5.69 Å². The molecule has 0 saturated heterocycles. The number of carbonyl (C=O) groups excluding carboxylic acids is 4. The van der Waals surface area contributed by atoms with Crippen LogP contribution in [0.3, 0.4) is 0 Å². The number of rotatable bonds is 9. The number of imide groups is 1. The summed E-state index contributed by atoms with van der Waals surface area (Å²) in [5, 5.41) is 5.36. The summed E-state index contributed by atoms with van der Waals surface area (Å²) in [6.07, 6.45) is 1.58. The van der Waals surface area contributed by atoms with Gasteiger partial charge in [0.25, 0.3) is 27.7 Å². The van der Waals surface area contributed by atoms with E-state index in [1.54, 1.807) is 12.1 Å². The lowest BCUT2D eigenvalue weighted by Crippen LogP contribution is -2.36. The molecule has 0 fully saturated rings. The lowest BCUT2D eigenvalue weighted by Gasteiger charge is -2.09. The standard InChI is InChI=1S/C24H22ClN5O6S/c25-18-6-1-15(2-7-18)11-12-27-22(32)16-3-8-19(9-4-16)37(35,36)30-23(33)17-5-10-20(28-14-17)24(34)29-21(31)13-26/h1-10,14H,11-13,26H2,(H,27,32)(H,30,33)(H,29,31,34). The quantitative estimate of drug-likeness (QED) is 0.309. The van der Waals surface area contributed by atoms with Crippen LogP contribution in [0.1, 0.15) is 36.8 Å². The first-order valence-electron chi connectivity index (χ1n) is 10.8. The average molecular weight is 544 g/mol. The Hall–Kier alpha value is -4.13. The fourth-order valence-electron chi connectivity index (χ4n) is 3.00. The third kappa shape index (κ3) is 7.67. The highest BCUT2D eigenvalue weighted by Gasteiger charge is 2.20. The molecule has 1 aromatic heterocycles. The van der Waals surface area contributed by atoms with Gasteiger partial charge >= 0.3 is 0 Å². The molecule has 0 unspecified atom stereocenters. The largest absolute Gasteiger partial charge is 0.352 e. The minimum Gasteiger partial charge on any atom is -0.352 e. The summed E-state index contributed by atoms with van der Waals surface area (Å²) in [6.45, 7) is -0.0194. The van der Waals surface area contributed by atoms with Crippen LogP contribution in [0.5, 0.6) is 0 Å². The molecular formula is C24H22ClN5O6S. The van der Waals surface area contributed by atoms with Crippen molar-refractivity contribution in [2.45, 2.75) is 11.3 Å². The summed E-state index contributed by atoms with van der Waals surface area (Å²) in [5.41, 5.74) is 6.06. The number of pyridine rings is 1. The predicted molar refractivity (Wildman–Crippen MR) is 134 cm³/mol. The van der Waals surface area contributed by atoms with Crippen LogP contribution in [-0.2, 0) is 21.2 Å². The van der Waals surface area contributed by atoms with Gasteiger partial charge in [-0.2, -0.15) is 0 Å². The van der Waals surface area contributed by atoms with Crippen LogP contribution < -0.4 is 21.1 Å². The Morgan fingerprint density at radius 2 is 1.49 bits per heavy atom. The molecule has 4 amide bonds. The molecule has 192 valence electrons. The molecule has 0 aliphatic heterocycles. The number of hydrogen-bond donors (Lipinski definition) is 4. The Morgan fingerprint density at radius 1 is 0.838 bits per heavy atom. The smallest absolute Gasteiger partial charge is 0.276 e. The summed E-state index contributed by atoms with van der Waals surface area (Å²) in [5.74, 6) is -2.89. The van der Waals surface area contributed by atoms with E-state index in [2.05, 4.69) is 10.3 Å². The molecule has 11 nitrogen and oxygen atoms in total. The molecule has 0 spiro atoms. The third-order valence-electron chi connectivity index (χ3n) is 4.96.